The molecule has 21 heavy (non-hydrogen) atoms. The molecule has 0 radical (unpaired) electrons. The molecule has 2 N–H and O–H groups in total. The van der Waals surface area contributed by atoms with E-state index < -0.39 is 0 Å². The summed E-state index contributed by atoms with van der Waals surface area (Å²) < 4.78 is 6.05. The Labute approximate surface area is 128 Å². The average molecular weight is 310 g/mol. The fourth-order valence-corrected chi connectivity index (χ4v) is 4.08. The first-order valence-corrected chi connectivity index (χ1v) is 8.59. The molecule has 1 aliphatic heterocycles. The van der Waals surface area contributed by atoms with Crippen LogP contribution in [0.3, 0.4) is 0 Å². The number of rotatable bonds is 3. The number of aliphatic hydroxyl groups is 1. The maximum Gasteiger partial charge on any atom is 0.270 e. The highest BCUT2D eigenvalue weighted by Crippen LogP contribution is 2.38. The molecule has 1 atom stereocenters. The van der Waals surface area contributed by atoms with Crippen molar-refractivity contribution in [2.45, 2.75) is 63.2 Å². The molecule has 0 aromatic carbocycles. The summed E-state index contributed by atoms with van der Waals surface area (Å²) in [4.78, 5) is 16.3. The molecule has 1 aromatic heterocycles. The number of nitrogens with one attached hydrogen (secondary N) is 1. The summed E-state index contributed by atoms with van der Waals surface area (Å²) in [6.07, 6.45) is 7.76. The van der Waals surface area contributed by atoms with Gasteiger partial charge in [0.15, 0.2) is 0 Å². The summed E-state index contributed by atoms with van der Waals surface area (Å²) in [7, 11) is 0. The second-order valence-corrected chi connectivity index (χ2v) is 6.98. The van der Waals surface area contributed by atoms with E-state index in [0.717, 1.165) is 32.3 Å². The van der Waals surface area contributed by atoms with Gasteiger partial charge in [-0.2, -0.15) is 0 Å². The summed E-state index contributed by atoms with van der Waals surface area (Å²) in [5, 5.41) is 14.4. The Morgan fingerprint density at radius 2 is 2.29 bits per heavy atom. The van der Waals surface area contributed by atoms with Crippen molar-refractivity contribution in [1.29, 1.82) is 0 Å². The van der Waals surface area contributed by atoms with E-state index in [1.54, 1.807) is 5.38 Å². The normalized spacial score (nSPS) is 24.9. The zero-order chi connectivity index (χ0) is 14.7. The molecule has 1 unspecified atom stereocenters. The maximum atomic E-state index is 12.2. The molecule has 1 saturated carbocycles. The van der Waals surface area contributed by atoms with E-state index in [-0.39, 0.29) is 24.2 Å². The highest BCUT2D eigenvalue weighted by molar-refractivity contribution is 7.09. The number of carbonyl (C=O) groups excluding carboxylic acids is 1. The summed E-state index contributed by atoms with van der Waals surface area (Å²) >= 11 is 1.31. The topological polar surface area (TPSA) is 71.5 Å². The Morgan fingerprint density at radius 3 is 3.00 bits per heavy atom. The lowest BCUT2D eigenvalue weighted by Gasteiger charge is -2.43. The van der Waals surface area contributed by atoms with Gasteiger partial charge in [-0.25, -0.2) is 4.98 Å². The fraction of sp³-hybridized carbons (Fsp3) is 0.733. The molecule has 1 aromatic rings. The van der Waals surface area contributed by atoms with Gasteiger partial charge in [0.25, 0.3) is 5.91 Å². The minimum atomic E-state index is -0.135. The van der Waals surface area contributed by atoms with Gasteiger partial charge in [-0.3, -0.25) is 4.79 Å². The Bertz CT molecular complexity index is 491. The third-order valence-electron chi connectivity index (χ3n) is 4.51. The van der Waals surface area contributed by atoms with Crippen LogP contribution in [0, 0.1) is 0 Å². The van der Waals surface area contributed by atoms with Crippen LogP contribution in [0.5, 0.6) is 0 Å². The largest absolute Gasteiger partial charge is 0.389 e. The number of hydrogen-bond acceptors (Lipinski definition) is 5. The molecular formula is C15H22N2O3S. The smallest absolute Gasteiger partial charge is 0.270 e. The fourth-order valence-electron chi connectivity index (χ4n) is 3.44. The van der Waals surface area contributed by atoms with Crippen molar-refractivity contribution in [2.75, 3.05) is 6.61 Å². The monoisotopic (exact) mass is 310 g/mol. The van der Waals surface area contributed by atoms with Gasteiger partial charge in [0.05, 0.1) is 12.2 Å². The quantitative estimate of drug-likeness (QED) is 0.898. The first-order valence-electron chi connectivity index (χ1n) is 7.71. The summed E-state index contributed by atoms with van der Waals surface area (Å²) in [6, 6.07) is 0.170. The molecule has 3 rings (SSSR count). The van der Waals surface area contributed by atoms with Gasteiger partial charge < -0.3 is 15.2 Å². The van der Waals surface area contributed by atoms with Gasteiger partial charge in [-0.05, 0) is 25.7 Å². The SMILES string of the molecule is O=C(NC1CCOC2(CCCCC2)C1)c1csc(CO)n1. The lowest BCUT2D eigenvalue weighted by molar-refractivity contribution is -0.107. The van der Waals surface area contributed by atoms with E-state index in [4.69, 9.17) is 9.84 Å². The molecule has 2 aliphatic rings. The van der Waals surface area contributed by atoms with Crippen molar-refractivity contribution in [1.82, 2.24) is 10.3 Å². The zero-order valence-corrected chi connectivity index (χ0v) is 13.0. The summed E-state index contributed by atoms with van der Waals surface area (Å²) in [5.74, 6) is -0.135. The Kier molecular flexibility index (Phi) is 4.57. The predicted molar refractivity (Wildman–Crippen MR) is 80.3 cm³/mol. The van der Waals surface area contributed by atoms with Crippen molar-refractivity contribution >= 4 is 17.2 Å². The van der Waals surface area contributed by atoms with Crippen LogP contribution in [0.2, 0.25) is 0 Å². The van der Waals surface area contributed by atoms with Crippen molar-refractivity contribution in [3.63, 3.8) is 0 Å². The number of ether oxygens (including phenoxy) is 1. The molecule has 116 valence electrons. The first kappa shape index (κ1) is 14.9. The van der Waals surface area contributed by atoms with E-state index in [9.17, 15) is 4.79 Å². The number of aliphatic hydroxyl groups excluding tert-OH is 1. The van der Waals surface area contributed by atoms with Gasteiger partial charge in [-0.15, -0.1) is 11.3 Å². The molecule has 2 fully saturated rings. The number of carbonyl (C=O) groups is 1. The third-order valence-corrected chi connectivity index (χ3v) is 5.35. The van der Waals surface area contributed by atoms with Gasteiger partial charge in [0.1, 0.15) is 10.7 Å². The molecule has 2 heterocycles. The number of aromatic nitrogens is 1. The van der Waals surface area contributed by atoms with Gasteiger partial charge in [0.2, 0.25) is 0 Å². The van der Waals surface area contributed by atoms with Crippen molar-refractivity contribution in [3.8, 4) is 0 Å². The molecule has 0 bridgehead atoms. The first-order chi connectivity index (χ1) is 10.2. The van der Waals surface area contributed by atoms with Crippen LogP contribution in [0.1, 0.15) is 60.4 Å². The molecule has 1 saturated heterocycles. The van der Waals surface area contributed by atoms with E-state index in [0.29, 0.717) is 10.7 Å². The van der Waals surface area contributed by atoms with Gasteiger partial charge in [0, 0.05) is 18.0 Å². The number of thiazole rings is 1. The van der Waals surface area contributed by atoms with Crippen molar-refractivity contribution in [2.24, 2.45) is 0 Å². The van der Waals surface area contributed by atoms with Crippen molar-refractivity contribution < 1.29 is 14.6 Å². The lowest BCUT2D eigenvalue weighted by Crippen LogP contribution is -2.49. The predicted octanol–water partition coefficient (Wildman–Crippen LogP) is 2.25. The minimum Gasteiger partial charge on any atom is -0.389 e. The molecule has 5 nitrogen and oxygen atoms in total. The van der Waals surface area contributed by atoms with Gasteiger partial charge >= 0.3 is 0 Å². The van der Waals surface area contributed by atoms with E-state index in [2.05, 4.69) is 10.3 Å². The van der Waals surface area contributed by atoms with Crippen LogP contribution in [0.4, 0.5) is 0 Å². The van der Waals surface area contributed by atoms with Crippen LogP contribution < -0.4 is 5.32 Å². The van der Waals surface area contributed by atoms with Crippen LogP contribution in [-0.2, 0) is 11.3 Å². The number of amides is 1. The standard InChI is InChI=1S/C15H22N2O3S/c18-9-13-17-12(10-21-13)14(19)16-11-4-7-20-15(8-11)5-2-1-3-6-15/h10-11,18H,1-9H2,(H,16,19). The molecule has 1 spiro atoms. The molecular weight excluding hydrogens is 288 g/mol. The third kappa shape index (κ3) is 3.44. The highest BCUT2D eigenvalue weighted by Gasteiger charge is 2.39. The number of nitrogens with zero attached hydrogens (tertiary/aromatic N) is 1. The van der Waals surface area contributed by atoms with Crippen molar-refractivity contribution in [3.05, 3.63) is 16.1 Å². The highest BCUT2D eigenvalue weighted by atomic mass is 32.1. The van der Waals surface area contributed by atoms with E-state index in [1.165, 1.54) is 30.6 Å². The maximum absolute atomic E-state index is 12.2. The zero-order valence-electron chi connectivity index (χ0n) is 12.1. The summed E-state index contributed by atoms with van der Waals surface area (Å²) in [6.45, 7) is 0.613. The number of hydrogen-bond donors (Lipinski definition) is 2. The van der Waals surface area contributed by atoms with Gasteiger partial charge in [-0.1, -0.05) is 19.3 Å². The van der Waals surface area contributed by atoms with Crippen LogP contribution >= 0.6 is 11.3 Å². The second kappa shape index (κ2) is 6.42. The summed E-state index contributed by atoms with van der Waals surface area (Å²) in [5.41, 5.74) is 0.403. The molecule has 1 amide bonds. The van der Waals surface area contributed by atoms with Crippen LogP contribution in [-0.4, -0.2) is 34.2 Å². The Balaban J connectivity index is 1.60. The Morgan fingerprint density at radius 1 is 1.48 bits per heavy atom. The minimum absolute atomic E-state index is 0.00716. The second-order valence-electron chi connectivity index (χ2n) is 6.04. The molecule has 6 heteroatoms. The van der Waals surface area contributed by atoms with E-state index in [1.807, 2.05) is 0 Å². The van der Waals surface area contributed by atoms with Crippen LogP contribution in [0.25, 0.3) is 0 Å². The lowest BCUT2D eigenvalue weighted by atomic mass is 9.78. The average Bonchev–Trinajstić information content (AvgIpc) is 2.97. The van der Waals surface area contributed by atoms with Crippen LogP contribution in [0.15, 0.2) is 5.38 Å². The molecule has 1 aliphatic carbocycles. The van der Waals surface area contributed by atoms with E-state index >= 15 is 0 Å². The Hall–Kier alpha value is -0.980.